The molecular weight excluding hydrogens is 172 g/mol. The van der Waals surface area contributed by atoms with Crippen LogP contribution in [0.1, 0.15) is 6.92 Å². The summed E-state index contributed by atoms with van der Waals surface area (Å²) in [6.45, 7) is 3.23. The topological polar surface area (TPSA) is 69.0 Å². The number of rotatable bonds is 4. The third-order valence-electron chi connectivity index (χ3n) is 1.36. The van der Waals surface area contributed by atoms with Crippen LogP contribution in [0.2, 0.25) is 0 Å². The van der Waals surface area contributed by atoms with Crippen LogP contribution in [0.25, 0.3) is 0 Å². The maximum Gasteiger partial charge on any atom is 0.407 e. The highest BCUT2D eigenvalue weighted by molar-refractivity contribution is 5.66. The smallest absolute Gasteiger partial charge is 0.407 e. The molecular formula is C7H12N4O2. The third-order valence-corrected chi connectivity index (χ3v) is 1.36. The van der Waals surface area contributed by atoms with Gasteiger partial charge in [0.25, 0.3) is 0 Å². The van der Waals surface area contributed by atoms with Crippen LogP contribution in [0, 0.1) is 0 Å². The quantitative estimate of drug-likeness (QED) is 0.716. The van der Waals surface area contributed by atoms with Crippen LogP contribution in [0.3, 0.4) is 0 Å². The van der Waals surface area contributed by atoms with Gasteiger partial charge in [-0.25, -0.2) is 4.79 Å². The molecule has 0 radical (unpaired) electrons. The SMILES string of the molecule is CCOC(=O)NCCn1ccnn1. The first-order valence-corrected chi connectivity index (χ1v) is 4.07. The number of carbonyl (C=O) groups is 1. The summed E-state index contributed by atoms with van der Waals surface area (Å²) in [7, 11) is 0. The average molecular weight is 184 g/mol. The molecule has 0 saturated heterocycles. The molecule has 0 aliphatic heterocycles. The average Bonchev–Trinajstić information content (AvgIpc) is 2.57. The van der Waals surface area contributed by atoms with Crippen LogP contribution in [0.15, 0.2) is 12.4 Å². The number of nitrogens with zero attached hydrogens (tertiary/aromatic N) is 3. The van der Waals surface area contributed by atoms with Crippen LogP contribution in [-0.2, 0) is 11.3 Å². The van der Waals surface area contributed by atoms with Gasteiger partial charge in [-0.05, 0) is 6.92 Å². The second-order valence-electron chi connectivity index (χ2n) is 2.31. The van der Waals surface area contributed by atoms with Gasteiger partial charge >= 0.3 is 6.09 Å². The van der Waals surface area contributed by atoms with E-state index in [-0.39, 0.29) is 0 Å². The second kappa shape index (κ2) is 5.13. The monoisotopic (exact) mass is 184 g/mol. The predicted molar refractivity (Wildman–Crippen MR) is 45.0 cm³/mol. The van der Waals surface area contributed by atoms with Gasteiger partial charge in [0, 0.05) is 12.7 Å². The predicted octanol–water partition coefficient (Wildman–Crippen LogP) is 0.0242. The number of ether oxygens (including phenoxy) is 1. The number of carbonyl (C=O) groups excluding carboxylic acids is 1. The standard InChI is InChI=1S/C7H12N4O2/c1-2-13-7(12)8-3-5-11-6-4-9-10-11/h4,6H,2-3,5H2,1H3,(H,8,12). The molecule has 0 aliphatic rings. The van der Waals surface area contributed by atoms with E-state index in [1.54, 1.807) is 24.0 Å². The summed E-state index contributed by atoms with van der Waals surface area (Å²) in [5.41, 5.74) is 0. The molecule has 0 bridgehead atoms. The van der Waals surface area contributed by atoms with E-state index in [4.69, 9.17) is 0 Å². The summed E-state index contributed by atoms with van der Waals surface area (Å²) in [5, 5.41) is 9.93. The van der Waals surface area contributed by atoms with Gasteiger partial charge in [0.1, 0.15) is 0 Å². The molecule has 0 unspecified atom stereocenters. The summed E-state index contributed by atoms with van der Waals surface area (Å²) in [6.07, 6.45) is 2.92. The van der Waals surface area contributed by atoms with E-state index in [1.807, 2.05) is 0 Å². The first-order chi connectivity index (χ1) is 6.33. The fourth-order valence-corrected chi connectivity index (χ4v) is 0.807. The van der Waals surface area contributed by atoms with E-state index in [2.05, 4.69) is 20.4 Å². The number of hydrogen-bond acceptors (Lipinski definition) is 4. The van der Waals surface area contributed by atoms with Gasteiger partial charge in [-0.15, -0.1) is 5.10 Å². The van der Waals surface area contributed by atoms with Crippen molar-refractivity contribution in [2.24, 2.45) is 0 Å². The van der Waals surface area contributed by atoms with Crippen molar-refractivity contribution in [3.63, 3.8) is 0 Å². The van der Waals surface area contributed by atoms with Gasteiger partial charge in [-0.3, -0.25) is 4.68 Å². The van der Waals surface area contributed by atoms with E-state index in [0.29, 0.717) is 19.7 Å². The molecule has 0 saturated carbocycles. The summed E-state index contributed by atoms with van der Waals surface area (Å²) < 4.78 is 6.30. The van der Waals surface area contributed by atoms with Crippen LogP contribution in [0.4, 0.5) is 4.79 Å². The van der Waals surface area contributed by atoms with Crippen LogP contribution >= 0.6 is 0 Å². The van der Waals surface area contributed by atoms with Gasteiger partial charge in [0.05, 0.1) is 19.3 Å². The Morgan fingerprint density at radius 1 is 1.69 bits per heavy atom. The van der Waals surface area contributed by atoms with Gasteiger partial charge in [-0.1, -0.05) is 5.21 Å². The maximum atomic E-state index is 10.8. The fourth-order valence-electron chi connectivity index (χ4n) is 0.807. The van der Waals surface area contributed by atoms with Crippen molar-refractivity contribution in [2.45, 2.75) is 13.5 Å². The minimum atomic E-state index is -0.400. The number of nitrogens with one attached hydrogen (secondary N) is 1. The van der Waals surface area contributed by atoms with E-state index < -0.39 is 6.09 Å². The molecule has 13 heavy (non-hydrogen) atoms. The molecule has 1 aromatic heterocycles. The highest BCUT2D eigenvalue weighted by atomic mass is 16.5. The van der Waals surface area contributed by atoms with Crippen LogP contribution < -0.4 is 5.32 Å². The summed E-state index contributed by atoms with van der Waals surface area (Å²) >= 11 is 0. The molecule has 1 heterocycles. The Hall–Kier alpha value is -1.59. The molecule has 1 N–H and O–H groups in total. The lowest BCUT2D eigenvalue weighted by Gasteiger charge is -2.03. The molecule has 1 amide bonds. The Balaban J connectivity index is 2.11. The summed E-state index contributed by atoms with van der Waals surface area (Å²) in [5.74, 6) is 0. The van der Waals surface area contributed by atoms with Gasteiger partial charge in [-0.2, -0.15) is 0 Å². The van der Waals surface area contributed by atoms with E-state index in [9.17, 15) is 4.79 Å². The highest BCUT2D eigenvalue weighted by Gasteiger charge is 1.98. The van der Waals surface area contributed by atoms with Crippen molar-refractivity contribution < 1.29 is 9.53 Å². The lowest BCUT2D eigenvalue weighted by Crippen LogP contribution is -2.27. The van der Waals surface area contributed by atoms with E-state index >= 15 is 0 Å². The molecule has 0 aliphatic carbocycles. The molecule has 72 valence electrons. The molecule has 0 spiro atoms. The Labute approximate surface area is 75.9 Å². The molecule has 6 heteroatoms. The zero-order valence-corrected chi connectivity index (χ0v) is 7.43. The third kappa shape index (κ3) is 3.55. The number of amides is 1. The minimum Gasteiger partial charge on any atom is -0.450 e. The lowest BCUT2D eigenvalue weighted by atomic mass is 10.6. The molecule has 6 nitrogen and oxygen atoms in total. The van der Waals surface area contributed by atoms with Crippen molar-refractivity contribution in [3.8, 4) is 0 Å². The first-order valence-electron chi connectivity index (χ1n) is 4.07. The Bertz CT molecular complexity index is 247. The summed E-state index contributed by atoms with van der Waals surface area (Å²) in [6, 6.07) is 0. The largest absolute Gasteiger partial charge is 0.450 e. The molecule has 1 aromatic rings. The van der Waals surface area contributed by atoms with E-state index in [1.165, 1.54) is 0 Å². The van der Waals surface area contributed by atoms with Crippen LogP contribution in [0.5, 0.6) is 0 Å². The summed E-state index contributed by atoms with van der Waals surface area (Å²) in [4.78, 5) is 10.8. The maximum absolute atomic E-state index is 10.8. The van der Waals surface area contributed by atoms with Crippen molar-refractivity contribution in [1.29, 1.82) is 0 Å². The van der Waals surface area contributed by atoms with Crippen molar-refractivity contribution >= 4 is 6.09 Å². The first kappa shape index (κ1) is 9.50. The van der Waals surface area contributed by atoms with Gasteiger partial charge < -0.3 is 10.1 Å². The Kier molecular flexibility index (Phi) is 3.74. The van der Waals surface area contributed by atoms with Crippen LogP contribution in [-0.4, -0.2) is 34.2 Å². The number of hydrogen-bond donors (Lipinski definition) is 1. The Morgan fingerprint density at radius 3 is 3.15 bits per heavy atom. The van der Waals surface area contributed by atoms with Crippen molar-refractivity contribution in [1.82, 2.24) is 20.3 Å². The molecule has 1 rings (SSSR count). The molecule has 0 aromatic carbocycles. The zero-order chi connectivity index (χ0) is 9.52. The normalized spacial score (nSPS) is 9.62. The zero-order valence-electron chi connectivity index (χ0n) is 7.43. The number of alkyl carbamates (subject to hydrolysis) is 1. The highest BCUT2D eigenvalue weighted by Crippen LogP contribution is 1.80. The van der Waals surface area contributed by atoms with E-state index in [0.717, 1.165) is 0 Å². The molecule has 0 fully saturated rings. The minimum absolute atomic E-state index is 0.384. The fraction of sp³-hybridized carbons (Fsp3) is 0.571. The second-order valence-corrected chi connectivity index (χ2v) is 2.31. The van der Waals surface area contributed by atoms with Gasteiger partial charge in [0.2, 0.25) is 0 Å². The van der Waals surface area contributed by atoms with Crippen molar-refractivity contribution in [2.75, 3.05) is 13.2 Å². The van der Waals surface area contributed by atoms with Crippen molar-refractivity contribution in [3.05, 3.63) is 12.4 Å². The van der Waals surface area contributed by atoms with Gasteiger partial charge in [0.15, 0.2) is 0 Å². The number of aromatic nitrogens is 3. The molecule has 0 atom stereocenters. The lowest BCUT2D eigenvalue weighted by molar-refractivity contribution is 0.151. The Morgan fingerprint density at radius 2 is 2.54 bits per heavy atom.